The highest BCUT2D eigenvalue weighted by molar-refractivity contribution is 14.1. The van der Waals surface area contributed by atoms with Gasteiger partial charge in [-0.1, -0.05) is 0 Å². The number of anilines is 2. The van der Waals surface area contributed by atoms with E-state index in [0.717, 1.165) is 5.69 Å². The molecule has 1 aromatic carbocycles. The van der Waals surface area contributed by atoms with Crippen LogP contribution < -0.4 is 8.43 Å². The highest BCUT2D eigenvalue weighted by atomic mass is 127. The summed E-state index contributed by atoms with van der Waals surface area (Å²) in [6, 6.07) is 8.28. The molecular formula is C8H11IN2. The Kier molecular flexibility index (Phi) is 2.99. The summed E-state index contributed by atoms with van der Waals surface area (Å²) in [6.45, 7) is 0. The molecule has 0 radical (unpaired) electrons. The molecule has 0 spiro atoms. The zero-order chi connectivity index (χ0) is 8.27. The Hall–Kier alpha value is -0.450. The quantitative estimate of drug-likeness (QED) is 0.650. The van der Waals surface area contributed by atoms with Gasteiger partial charge in [0, 0.05) is 25.5 Å². The van der Waals surface area contributed by atoms with Crippen molar-refractivity contribution in [3.63, 3.8) is 0 Å². The fourth-order valence-corrected chi connectivity index (χ4v) is 1.18. The van der Waals surface area contributed by atoms with E-state index in [2.05, 4.69) is 55.6 Å². The van der Waals surface area contributed by atoms with Gasteiger partial charge in [-0.25, -0.2) is 0 Å². The highest BCUT2D eigenvalue weighted by Crippen LogP contribution is 2.16. The standard InChI is InChI=1S/C8H11IN2/c1-11(2)8-5-3-7(10-9)4-6-8/h3-6,10H,1-2H3. The molecule has 1 N–H and O–H groups in total. The smallest absolute Gasteiger partial charge is 0.0560 e. The molecule has 0 aliphatic heterocycles. The number of hydrogen-bond acceptors (Lipinski definition) is 2. The van der Waals surface area contributed by atoms with Gasteiger partial charge in [0.15, 0.2) is 0 Å². The fraction of sp³-hybridized carbons (Fsp3) is 0.250. The second kappa shape index (κ2) is 3.80. The lowest BCUT2D eigenvalue weighted by molar-refractivity contribution is 1.13. The van der Waals surface area contributed by atoms with Gasteiger partial charge in [0.2, 0.25) is 0 Å². The number of rotatable bonds is 2. The average Bonchev–Trinajstić information content (AvgIpc) is 2.05. The summed E-state index contributed by atoms with van der Waals surface area (Å²) in [5, 5.41) is 0. The van der Waals surface area contributed by atoms with Crippen molar-refractivity contribution in [3.05, 3.63) is 24.3 Å². The molecule has 60 valence electrons. The predicted molar refractivity (Wildman–Crippen MR) is 58.4 cm³/mol. The van der Waals surface area contributed by atoms with Gasteiger partial charge < -0.3 is 8.43 Å². The van der Waals surface area contributed by atoms with Crippen molar-refractivity contribution in [3.8, 4) is 0 Å². The lowest BCUT2D eigenvalue weighted by Crippen LogP contribution is -2.07. The van der Waals surface area contributed by atoms with E-state index in [1.165, 1.54) is 5.69 Å². The third-order valence-corrected chi connectivity index (χ3v) is 2.12. The van der Waals surface area contributed by atoms with Crippen molar-refractivity contribution in [2.45, 2.75) is 0 Å². The van der Waals surface area contributed by atoms with E-state index in [-0.39, 0.29) is 0 Å². The topological polar surface area (TPSA) is 15.3 Å². The lowest BCUT2D eigenvalue weighted by atomic mass is 10.3. The first-order valence-corrected chi connectivity index (χ1v) is 4.46. The first-order valence-electron chi connectivity index (χ1n) is 3.38. The van der Waals surface area contributed by atoms with Crippen LogP contribution in [0.2, 0.25) is 0 Å². The van der Waals surface area contributed by atoms with E-state index in [4.69, 9.17) is 0 Å². The molecule has 2 nitrogen and oxygen atoms in total. The van der Waals surface area contributed by atoms with Gasteiger partial charge in [-0.3, -0.25) is 0 Å². The molecule has 0 heterocycles. The minimum Gasteiger partial charge on any atom is -0.378 e. The Morgan fingerprint density at radius 1 is 1.18 bits per heavy atom. The van der Waals surface area contributed by atoms with Crippen molar-refractivity contribution >= 4 is 34.2 Å². The number of nitrogens with one attached hydrogen (secondary N) is 1. The Morgan fingerprint density at radius 3 is 2.09 bits per heavy atom. The summed E-state index contributed by atoms with van der Waals surface area (Å²) in [7, 11) is 4.07. The number of benzene rings is 1. The van der Waals surface area contributed by atoms with Crippen molar-refractivity contribution in [1.82, 2.24) is 0 Å². The predicted octanol–water partition coefficient (Wildman–Crippen LogP) is 2.51. The Balaban J connectivity index is 2.83. The van der Waals surface area contributed by atoms with Crippen molar-refractivity contribution in [2.75, 3.05) is 22.5 Å². The number of nitrogens with zero attached hydrogens (tertiary/aromatic N) is 1. The molecule has 0 amide bonds. The molecule has 11 heavy (non-hydrogen) atoms. The van der Waals surface area contributed by atoms with E-state index >= 15 is 0 Å². The van der Waals surface area contributed by atoms with Crippen LogP contribution in [0.1, 0.15) is 0 Å². The summed E-state index contributed by atoms with van der Waals surface area (Å²) in [6.07, 6.45) is 0. The summed E-state index contributed by atoms with van der Waals surface area (Å²) in [4.78, 5) is 2.08. The van der Waals surface area contributed by atoms with Gasteiger partial charge in [-0.05, 0) is 24.3 Å². The molecule has 0 fully saturated rings. The van der Waals surface area contributed by atoms with E-state index in [9.17, 15) is 0 Å². The minimum atomic E-state index is 1.14. The van der Waals surface area contributed by atoms with Crippen LogP contribution in [0.3, 0.4) is 0 Å². The first kappa shape index (κ1) is 8.64. The van der Waals surface area contributed by atoms with Crippen LogP contribution in [0.15, 0.2) is 24.3 Å². The zero-order valence-electron chi connectivity index (χ0n) is 6.63. The first-order chi connectivity index (χ1) is 5.24. The molecule has 0 unspecified atom stereocenters. The normalized spacial score (nSPS) is 9.36. The van der Waals surface area contributed by atoms with Gasteiger partial charge in [0.25, 0.3) is 0 Å². The summed E-state index contributed by atoms with van der Waals surface area (Å²) in [5.41, 5.74) is 2.36. The molecule has 0 bridgehead atoms. The lowest BCUT2D eigenvalue weighted by Gasteiger charge is -2.11. The van der Waals surface area contributed by atoms with E-state index < -0.39 is 0 Å². The Morgan fingerprint density at radius 2 is 1.73 bits per heavy atom. The van der Waals surface area contributed by atoms with E-state index in [0.29, 0.717) is 0 Å². The molecule has 0 atom stereocenters. The van der Waals surface area contributed by atoms with Crippen molar-refractivity contribution in [1.29, 1.82) is 0 Å². The maximum absolute atomic E-state index is 3.04. The van der Waals surface area contributed by atoms with Crippen LogP contribution in [0, 0.1) is 0 Å². The molecule has 0 aromatic heterocycles. The number of hydrogen-bond donors (Lipinski definition) is 1. The average molecular weight is 262 g/mol. The third-order valence-electron chi connectivity index (χ3n) is 1.49. The summed E-state index contributed by atoms with van der Waals surface area (Å²) >= 11 is 2.12. The van der Waals surface area contributed by atoms with Crippen LogP contribution >= 0.6 is 22.9 Å². The van der Waals surface area contributed by atoms with Gasteiger partial charge in [0.1, 0.15) is 0 Å². The maximum Gasteiger partial charge on any atom is 0.0560 e. The van der Waals surface area contributed by atoms with Crippen molar-refractivity contribution < 1.29 is 0 Å². The molecule has 3 heteroatoms. The Labute approximate surface area is 81.1 Å². The summed E-state index contributed by atoms with van der Waals surface area (Å²) in [5.74, 6) is 0. The SMILES string of the molecule is CN(C)c1ccc(NI)cc1. The molecular weight excluding hydrogens is 251 g/mol. The maximum atomic E-state index is 3.04. The fourth-order valence-electron chi connectivity index (χ4n) is 0.823. The highest BCUT2D eigenvalue weighted by Gasteiger charge is 1.93. The van der Waals surface area contributed by atoms with Crippen LogP contribution in [-0.4, -0.2) is 14.1 Å². The van der Waals surface area contributed by atoms with Gasteiger partial charge in [-0.2, -0.15) is 0 Å². The third kappa shape index (κ3) is 2.25. The zero-order valence-corrected chi connectivity index (χ0v) is 8.79. The van der Waals surface area contributed by atoms with Gasteiger partial charge in [0.05, 0.1) is 22.9 Å². The second-order valence-electron chi connectivity index (χ2n) is 2.54. The molecule has 1 rings (SSSR count). The van der Waals surface area contributed by atoms with Crippen LogP contribution in [-0.2, 0) is 0 Å². The molecule has 1 aromatic rings. The van der Waals surface area contributed by atoms with E-state index in [1.807, 2.05) is 14.1 Å². The van der Waals surface area contributed by atoms with E-state index in [1.54, 1.807) is 0 Å². The molecule has 0 saturated carbocycles. The summed E-state index contributed by atoms with van der Waals surface area (Å²) < 4.78 is 3.04. The minimum absolute atomic E-state index is 1.14. The Bertz CT molecular complexity index is 218. The van der Waals surface area contributed by atoms with Crippen LogP contribution in [0.5, 0.6) is 0 Å². The van der Waals surface area contributed by atoms with Crippen LogP contribution in [0.4, 0.5) is 11.4 Å². The molecule has 0 saturated heterocycles. The van der Waals surface area contributed by atoms with Crippen LogP contribution in [0.25, 0.3) is 0 Å². The largest absolute Gasteiger partial charge is 0.378 e. The second-order valence-corrected chi connectivity index (χ2v) is 3.08. The van der Waals surface area contributed by atoms with Crippen molar-refractivity contribution in [2.24, 2.45) is 0 Å². The van der Waals surface area contributed by atoms with Gasteiger partial charge >= 0.3 is 0 Å². The monoisotopic (exact) mass is 262 g/mol. The molecule has 0 aliphatic carbocycles. The molecule has 0 aliphatic rings. The number of halogens is 1. The van der Waals surface area contributed by atoms with Gasteiger partial charge in [-0.15, -0.1) is 0 Å².